The van der Waals surface area contributed by atoms with E-state index in [-0.39, 0.29) is 23.8 Å². The minimum absolute atomic E-state index is 0.0667. The number of rotatable bonds is 4. The van der Waals surface area contributed by atoms with E-state index in [4.69, 9.17) is 0 Å². The predicted molar refractivity (Wildman–Crippen MR) is 82.7 cm³/mol. The number of nitrogens with zero attached hydrogens (tertiary/aromatic N) is 3. The average molecular weight is 318 g/mol. The van der Waals surface area contributed by atoms with E-state index in [0.29, 0.717) is 5.69 Å². The highest BCUT2D eigenvalue weighted by Crippen LogP contribution is 2.55. The van der Waals surface area contributed by atoms with Crippen LogP contribution < -0.4 is 5.32 Å². The summed E-state index contributed by atoms with van der Waals surface area (Å²) in [5, 5.41) is 18.3. The molecule has 1 heterocycles. The molecule has 0 atom stereocenters. The van der Waals surface area contributed by atoms with Crippen LogP contribution in [-0.4, -0.2) is 26.1 Å². The van der Waals surface area contributed by atoms with E-state index in [1.807, 2.05) is 0 Å². The Morgan fingerprint density at radius 1 is 1.35 bits per heavy atom. The van der Waals surface area contributed by atoms with Gasteiger partial charge in [0.1, 0.15) is 0 Å². The molecule has 4 saturated carbocycles. The number of carbonyl (C=O) groups is 1. The molecule has 0 aromatic carbocycles. The van der Waals surface area contributed by atoms with Crippen LogP contribution in [0.2, 0.25) is 0 Å². The van der Waals surface area contributed by atoms with Gasteiger partial charge in [0, 0.05) is 5.54 Å². The van der Waals surface area contributed by atoms with Gasteiger partial charge in [0.15, 0.2) is 6.54 Å². The fourth-order valence-corrected chi connectivity index (χ4v) is 5.53. The van der Waals surface area contributed by atoms with Crippen molar-refractivity contribution in [3.05, 3.63) is 21.9 Å². The zero-order valence-electron chi connectivity index (χ0n) is 13.3. The number of nitrogens with one attached hydrogen (secondary N) is 1. The molecule has 5 rings (SSSR count). The van der Waals surface area contributed by atoms with Crippen LogP contribution in [-0.2, 0) is 11.3 Å². The predicted octanol–water partition coefficient (Wildman–Crippen LogP) is 2.18. The smallest absolute Gasteiger partial charge is 0.345 e. The van der Waals surface area contributed by atoms with Crippen LogP contribution in [0.3, 0.4) is 0 Å². The summed E-state index contributed by atoms with van der Waals surface area (Å²) in [5.74, 6) is 1.98. The largest absolute Gasteiger partial charge is 0.358 e. The number of carbonyl (C=O) groups excluding carboxylic acids is 1. The Labute approximate surface area is 134 Å². The van der Waals surface area contributed by atoms with Crippen LogP contribution in [0.1, 0.15) is 44.2 Å². The fourth-order valence-electron chi connectivity index (χ4n) is 5.53. The average Bonchev–Trinajstić information content (AvgIpc) is 2.77. The molecule has 0 saturated heterocycles. The molecule has 1 aromatic rings. The standard InChI is InChI=1S/C16H22N4O3/c1-10-2-15(20(22)23)19(18-10)9-14(21)17-16-6-11-3-12(7-16)5-13(4-11)8-16/h2,11-13H,3-9H2,1H3,(H,17,21). The molecule has 4 fully saturated rings. The molecule has 0 unspecified atom stereocenters. The zero-order valence-corrected chi connectivity index (χ0v) is 13.3. The number of nitro groups is 1. The van der Waals surface area contributed by atoms with Gasteiger partial charge in [0.05, 0.1) is 11.8 Å². The molecule has 1 amide bonds. The Hall–Kier alpha value is -1.92. The normalized spacial score (nSPS) is 34.6. The number of hydrogen-bond acceptors (Lipinski definition) is 4. The monoisotopic (exact) mass is 318 g/mol. The summed E-state index contributed by atoms with van der Waals surface area (Å²) in [5.41, 5.74) is 0.488. The second kappa shape index (κ2) is 5.04. The summed E-state index contributed by atoms with van der Waals surface area (Å²) in [6.45, 7) is 1.62. The Morgan fingerprint density at radius 3 is 2.43 bits per heavy atom. The molecule has 7 heteroatoms. The molecule has 124 valence electrons. The summed E-state index contributed by atoms with van der Waals surface area (Å²) in [7, 11) is 0. The first-order valence-corrected chi connectivity index (χ1v) is 8.42. The Bertz CT molecular complexity index is 631. The van der Waals surface area contributed by atoms with Crippen molar-refractivity contribution in [1.82, 2.24) is 15.1 Å². The molecule has 0 radical (unpaired) electrons. The van der Waals surface area contributed by atoms with E-state index in [9.17, 15) is 14.9 Å². The molecule has 4 aliphatic rings. The zero-order chi connectivity index (χ0) is 16.2. The maximum absolute atomic E-state index is 12.5. The van der Waals surface area contributed by atoms with Crippen molar-refractivity contribution in [1.29, 1.82) is 0 Å². The maximum atomic E-state index is 12.5. The third kappa shape index (κ3) is 2.62. The van der Waals surface area contributed by atoms with E-state index < -0.39 is 4.92 Å². The van der Waals surface area contributed by atoms with E-state index in [1.165, 1.54) is 30.0 Å². The molecule has 0 aliphatic heterocycles. The van der Waals surface area contributed by atoms with Crippen LogP contribution >= 0.6 is 0 Å². The molecular formula is C16H22N4O3. The van der Waals surface area contributed by atoms with Gasteiger partial charge in [-0.1, -0.05) is 5.10 Å². The van der Waals surface area contributed by atoms with Crippen molar-refractivity contribution >= 4 is 11.7 Å². The fraction of sp³-hybridized carbons (Fsp3) is 0.750. The van der Waals surface area contributed by atoms with Gasteiger partial charge in [-0.05, 0) is 68.1 Å². The van der Waals surface area contributed by atoms with Gasteiger partial charge < -0.3 is 15.4 Å². The van der Waals surface area contributed by atoms with E-state index in [1.54, 1.807) is 6.92 Å². The molecule has 0 spiro atoms. The number of aryl methyl sites for hydroxylation is 1. The third-order valence-corrected chi connectivity index (χ3v) is 5.80. The van der Waals surface area contributed by atoms with Crippen LogP contribution in [0.4, 0.5) is 5.82 Å². The molecule has 4 aliphatic carbocycles. The highest BCUT2D eigenvalue weighted by molar-refractivity contribution is 5.77. The maximum Gasteiger partial charge on any atom is 0.345 e. The molecule has 4 bridgehead atoms. The second-order valence-corrected chi connectivity index (χ2v) is 7.80. The van der Waals surface area contributed by atoms with Crippen LogP contribution in [0.25, 0.3) is 0 Å². The van der Waals surface area contributed by atoms with E-state index >= 15 is 0 Å². The van der Waals surface area contributed by atoms with E-state index in [0.717, 1.165) is 37.0 Å². The first kappa shape index (κ1) is 14.7. The van der Waals surface area contributed by atoms with Gasteiger partial charge in [0.25, 0.3) is 5.91 Å². The van der Waals surface area contributed by atoms with Crippen molar-refractivity contribution < 1.29 is 9.72 Å². The lowest BCUT2D eigenvalue weighted by Gasteiger charge is -2.56. The van der Waals surface area contributed by atoms with Crippen LogP contribution in [0.5, 0.6) is 0 Å². The lowest BCUT2D eigenvalue weighted by atomic mass is 9.53. The van der Waals surface area contributed by atoms with Gasteiger partial charge in [-0.15, -0.1) is 4.68 Å². The molecule has 23 heavy (non-hydrogen) atoms. The Morgan fingerprint density at radius 2 is 1.91 bits per heavy atom. The first-order chi connectivity index (χ1) is 10.9. The van der Waals surface area contributed by atoms with Gasteiger partial charge in [-0.2, -0.15) is 0 Å². The van der Waals surface area contributed by atoms with Crippen molar-refractivity contribution in [2.75, 3.05) is 0 Å². The van der Waals surface area contributed by atoms with Crippen LogP contribution in [0.15, 0.2) is 6.07 Å². The lowest BCUT2D eigenvalue weighted by molar-refractivity contribution is -0.392. The Kier molecular flexibility index (Phi) is 3.21. The SMILES string of the molecule is Cc1cc([N+](=O)[O-])n(CC(=O)NC23CC4CC(CC(C4)C2)C3)n1. The minimum Gasteiger partial charge on any atom is -0.358 e. The third-order valence-electron chi connectivity index (χ3n) is 5.80. The van der Waals surface area contributed by atoms with Gasteiger partial charge in [0.2, 0.25) is 0 Å². The van der Waals surface area contributed by atoms with Crippen molar-refractivity contribution in [2.45, 2.75) is 57.5 Å². The minimum atomic E-state index is -0.488. The van der Waals surface area contributed by atoms with Crippen LogP contribution in [0, 0.1) is 34.8 Å². The number of hydrogen-bond donors (Lipinski definition) is 1. The van der Waals surface area contributed by atoms with E-state index in [2.05, 4.69) is 10.4 Å². The Balaban J connectivity index is 1.47. The summed E-state index contributed by atoms with van der Waals surface area (Å²) >= 11 is 0. The highest BCUT2D eigenvalue weighted by atomic mass is 16.6. The second-order valence-electron chi connectivity index (χ2n) is 7.80. The van der Waals surface area contributed by atoms with Gasteiger partial charge in [-0.25, -0.2) is 0 Å². The van der Waals surface area contributed by atoms with Crippen molar-refractivity contribution in [3.8, 4) is 0 Å². The topological polar surface area (TPSA) is 90.1 Å². The summed E-state index contributed by atoms with van der Waals surface area (Å²) in [6.07, 6.45) is 7.18. The highest BCUT2D eigenvalue weighted by Gasteiger charge is 2.51. The molecule has 1 aromatic heterocycles. The van der Waals surface area contributed by atoms with Crippen molar-refractivity contribution in [3.63, 3.8) is 0 Å². The lowest BCUT2D eigenvalue weighted by Crippen LogP contribution is -2.60. The number of aromatic nitrogens is 2. The molecule has 1 N–H and O–H groups in total. The van der Waals surface area contributed by atoms with Crippen molar-refractivity contribution in [2.24, 2.45) is 17.8 Å². The molecular weight excluding hydrogens is 296 g/mol. The summed E-state index contributed by atoms with van der Waals surface area (Å²) < 4.78 is 1.20. The molecule has 7 nitrogen and oxygen atoms in total. The van der Waals surface area contributed by atoms with Gasteiger partial charge in [-0.3, -0.25) is 4.79 Å². The summed E-state index contributed by atoms with van der Waals surface area (Å²) in [4.78, 5) is 23.0. The first-order valence-electron chi connectivity index (χ1n) is 8.42. The van der Waals surface area contributed by atoms with Gasteiger partial charge >= 0.3 is 5.82 Å². The summed E-state index contributed by atoms with van der Waals surface area (Å²) in [6, 6.07) is 1.40. The number of amides is 1. The quantitative estimate of drug-likeness (QED) is 0.680.